The second kappa shape index (κ2) is 5.03. The van der Waals surface area contributed by atoms with Gasteiger partial charge in [0.15, 0.2) is 5.76 Å². The number of hydrogen-bond acceptors (Lipinski definition) is 2. The molecule has 0 atom stereocenters. The largest absolute Gasteiger partial charge is 0.494 e. The minimum absolute atomic E-state index is 0.260. The minimum Gasteiger partial charge on any atom is -0.494 e. The molecule has 0 saturated carbocycles. The highest BCUT2D eigenvalue weighted by Crippen LogP contribution is 2.24. The number of hydrogen-bond donors (Lipinski definition) is 1. The van der Waals surface area contributed by atoms with E-state index in [9.17, 15) is 4.79 Å². The fourth-order valence-corrected chi connectivity index (χ4v) is 1.93. The molecule has 0 unspecified atom stereocenters. The maximum absolute atomic E-state index is 11.2. The van der Waals surface area contributed by atoms with Crippen molar-refractivity contribution >= 4 is 27.6 Å². The van der Waals surface area contributed by atoms with Crippen LogP contribution in [-0.4, -0.2) is 17.6 Å². The van der Waals surface area contributed by atoms with Crippen LogP contribution < -0.4 is 5.73 Å². The highest BCUT2D eigenvalue weighted by atomic mass is 79.9. The Balaban J connectivity index is 3.41. The second-order valence-corrected chi connectivity index (χ2v) is 4.09. The van der Waals surface area contributed by atoms with Crippen molar-refractivity contribution in [2.75, 3.05) is 7.11 Å². The molecular formula is C11H13BrN2O2. The summed E-state index contributed by atoms with van der Waals surface area (Å²) in [6.45, 7) is 3.55. The Kier molecular flexibility index (Phi) is 3.95. The zero-order chi connectivity index (χ0) is 12.3. The fourth-order valence-electron chi connectivity index (χ4n) is 1.41. The van der Waals surface area contributed by atoms with Gasteiger partial charge in [0, 0.05) is 17.7 Å². The number of ether oxygens (including phenoxy) is 1. The van der Waals surface area contributed by atoms with Crippen molar-refractivity contribution in [1.82, 2.24) is 4.57 Å². The van der Waals surface area contributed by atoms with Gasteiger partial charge in [-0.2, -0.15) is 0 Å². The SMILES string of the molecule is C=C/C(C(N)=O)=C(/OC)c1cc(Br)cn1C. The first-order chi connectivity index (χ1) is 7.51. The lowest BCUT2D eigenvalue weighted by molar-refractivity contribution is -0.114. The summed E-state index contributed by atoms with van der Waals surface area (Å²) in [5, 5.41) is 0. The molecule has 1 rings (SSSR count). The molecule has 0 bridgehead atoms. The Morgan fingerprint density at radius 2 is 2.31 bits per heavy atom. The maximum Gasteiger partial charge on any atom is 0.252 e. The quantitative estimate of drug-likeness (QED) is 0.521. The lowest BCUT2D eigenvalue weighted by Crippen LogP contribution is -2.15. The summed E-state index contributed by atoms with van der Waals surface area (Å²) < 4.78 is 7.94. The van der Waals surface area contributed by atoms with Crippen LogP contribution in [0, 0.1) is 0 Å². The molecule has 0 fully saturated rings. The van der Waals surface area contributed by atoms with Crippen molar-refractivity contribution in [2.45, 2.75) is 0 Å². The number of primary amides is 1. The van der Waals surface area contributed by atoms with Crippen molar-refractivity contribution in [2.24, 2.45) is 12.8 Å². The van der Waals surface area contributed by atoms with Gasteiger partial charge in [0.2, 0.25) is 0 Å². The highest BCUT2D eigenvalue weighted by Gasteiger charge is 2.15. The number of methoxy groups -OCH3 is 1. The van der Waals surface area contributed by atoms with Gasteiger partial charge < -0.3 is 15.0 Å². The maximum atomic E-state index is 11.2. The third-order valence-electron chi connectivity index (χ3n) is 2.12. The average molecular weight is 285 g/mol. The van der Waals surface area contributed by atoms with E-state index in [-0.39, 0.29) is 5.57 Å². The first kappa shape index (κ1) is 12.6. The van der Waals surface area contributed by atoms with Crippen LogP contribution in [0.5, 0.6) is 0 Å². The summed E-state index contributed by atoms with van der Waals surface area (Å²) in [7, 11) is 3.34. The fraction of sp³-hybridized carbons (Fsp3) is 0.182. The van der Waals surface area contributed by atoms with Gasteiger partial charge in [-0.25, -0.2) is 0 Å². The van der Waals surface area contributed by atoms with E-state index in [0.29, 0.717) is 5.76 Å². The Morgan fingerprint density at radius 3 is 2.62 bits per heavy atom. The number of carbonyl (C=O) groups excluding carboxylic acids is 1. The predicted octanol–water partition coefficient (Wildman–Crippen LogP) is 1.82. The molecule has 5 heteroatoms. The molecule has 0 spiro atoms. The molecule has 1 amide bonds. The monoisotopic (exact) mass is 284 g/mol. The van der Waals surface area contributed by atoms with Gasteiger partial charge in [0.25, 0.3) is 5.91 Å². The summed E-state index contributed by atoms with van der Waals surface area (Å²) in [6, 6.07) is 1.84. The Labute approximate surface area is 103 Å². The zero-order valence-corrected chi connectivity index (χ0v) is 10.7. The average Bonchev–Trinajstić information content (AvgIpc) is 2.53. The Morgan fingerprint density at radius 1 is 1.69 bits per heavy atom. The summed E-state index contributed by atoms with van der Waals surface area (Å²) in [5.41, 5.74) is 6.26. The number of nitrogens with zero attached hydrogens (tertiary/aromatic N) is 1. The number of aromatic nitrogens is 1. The van der Waals surface area contributed by atoms with Crippen LogP contribution in [0.15, 0.2) is 35.0 Å². The van der Waals surface area contributed by atoms with Crippen LogP contribution >= 0.6 is 15.9 Å². The highest BCUT2D eigenvalue weighted by molar-refractivity contribution is 9.10. The standard InChI is InChI=1S/C11H13BrN2O2/c1-4-8(11(13)15)10(16-3)9-5-7(12)6-14(9)2/h4-6H,1H2,2-3H3,(H2,13,15)/b10-8-. The van der Waals surface area contributed by atoms with Crippen LogP contribution in [-0.2, 0) is 16.6 Å². The van der Waals surface area contributed by atoms with E-state index in [1.165, 1.54) is 13.2 Å². The van der Waals surface area contributed by atoms with Crippen molar-refractivity contribution < 1.29 is 9.53 Å². The number of carbonyl (C=O) groups is 1. The van der Waals surface area contributed by atoms with Crippen LogP contribution in [0.3, 0.4) is 0 Å². The normalized spacial score (nSPS) is 11.9. The molecule has 0 aliphatic rings. The molecule has 0 radical (unpaired) electrons. The van der Waals surface area contributed by atoms with Crippen molar-refractivity contribution in [3.8, 4) is 0 Å². The van der Waals surface area contributed by atoms with Crippen LogP contribution in [0.4, 0.5) is 0 Å². The van der Waals surface area contributed by atoms with E-state index in [1.54, 1.807) is 0 Å². The lowest BCUT2D eigenvalue weighted by Gasteiger charge is -2.10. The third kappa shape index (κ3) is 2.36. The summed E-state index contributed by atoms with van der Waals surface area (Å²) >= 11 is 3.35. The first-order valence-corrected chi connectivity index (χ1v) is 5.33. The number of halogens is 1. The van der Waals surface area contributed by atoms with Gasteiger partial charge in [-0.15, -0.1) is 0 Å². The van der Waals surface area contributed by atoms with Gasteiger partial charge >= 0.3 is 0 Å². The van der Waals surface area contributed by atoms with Crippen LogP contribution in [0.1, 0.15) is 5.69 Å². The number of nitrogens with two attached hydrogens (primary N) is 1. The minimum atomic E-state index is -0.566. The second-order valence-electron chi connectivity index (χ2n) is 3.17. The van der Waals surface area contributed by atoms with Crippen LogP contribution in [0.25, 0.3) is 5.76 Å². The van der Waals surface area contributed by atoms with Gasteiger partial charge in [0.05, 0.1) is 18.4 Å². The molecule has 0 aliphatic heterocycles. The van der Waals surface area contributed by atoms with E-state index < -0.39 is 5.91 Å². The Hall–Kier alpha value is -1.49. The molecular weight excluding hydrogens is 272 g/mol. The molecule has 1 heterocycles. The molecule has 0 aromatic carbocycles. The topological polar surface area (TPSA) is 57.3 Å². The van der Waals surface area contributed by atoms with E-state index in [4.69, 9.17) is 10.5 Å². The number of aryl methyl sites for hydroxylation is 1. The smallest absolute Gasteiger partial charge is 0.252 e. The first-order valence-electron chi connectivity index (χ1n) is 4.54. The Bertz CT molecular complexity index is 461. The molecule has 1 aromatic rings. The lowest BCUT2D eigenvalue weighted by atomic mass is 10.1. The van der Waals surface area contributed by atoms with Crippen molar-refractivity contribution in [3.05, 3.63) is 40.7 Å². The van der Waals surface area contributed by atoms with Crippen LogP contribution in [0.2, 0.25) is 0 Å². The molecule has 16 heavy (non-hydrogen) atoms. The van der Waals surface area contributed by atoms with E-state index >= 15 is 0 Å². The molecule has 1 aromatic heterocycles. The predicted molar refractivity (Wildman–Crippen MR) is 66.4 cm³/mol. The summed E-state index contributed by atoms with van der Waals surface area (Å²) in [6.07, 6.45) is 3.25. The van der Waals surface area contributed by atoms with E-state index in [1.807, 2.05) is 23.9 Å². The molecule has 0 aliphatic carbocycles. The molecule has 0 saturated heterocycles. The molecule has 2 N–H and O–H groups in total. The number of amides is 1. The van der Waals surface area contributed by atoms with Gasteiger partial charge in [-0.05, 0) is 22.0 Å². The van der Waals surface area contributed by atoms with Gasteiger partial charge in [-0.1, -0.05) is 12.7 Å². The van der Waals surface area contributed by atoms with Gasteiger partial charge in [-0.3, -0.25) is 4.79 Å². The van der Waals surface area contributed by atoms with Crippen molar-refractivity contribution in [3.63, 3.8) is 0 Å². The summed E-state index contributed by atoms with van der Waals surface area (Å²) in [5.74, 6) is -0.153. The summed E-state index contributed by atoms with van der Waals surface area (Å²) in [4.78, 5) is 11.2. The molecule has 86 valence electrons. The van der Waals surface area contributed by atoms with E-state index in [2.05, 4.69) is 22.5 Å². The molecule has 4 nitrogen and oxygen atoms in total. The van der Waals surface area contributed by atoms with Crippen molar-refractivity contribution in [1.29, 1.82) is 0 Å². The number of rotatable bonds is 4. The third-order valence-corrected chi connectivity index (χ3v) is 2.56. The van der Waals surface area contributed by atoms with E-state index in [0.717, 1.165) is 10.2 Å². The zero-order valence-electron chi connectivity index (χ0n) is 9.16. The van der Waals surface area contributed by atoms with Gasteiger partial charge in [0.1, 0.15) is 0 Å².